The fraction of sp³-hybridized carbons (Fsp3) is 0.312. The molecule has 0 radical (unpaired) electrons. The third-order valence-electron chi connectivity index (χ3n) is 3.46. The van der Waals surface area contributed by atoms with Gasteiger partial charge in [-0.2, -0.15) is 0 Å². The van der Waals surface area contributed by atoms with Gasteiger partial charge in [0.25, 0.3) is 5.69 Å². The first-order chi connectivity index (χ1) is 10.9. The van der Waals surface area contributed by atoms with Gasteiger partial charge in [-0.25, -0.2) is 0 Å². The van der Waals surface area contributed by atoms with Crippen LogP contribution in [0.15, 0.2) is 36.4 Å². The van der Waals surface area contributed by atoms with Crippen LogP contribution in [0.4, 0.5) is 5.69 Å². The molecule has 0 amide bonds. The van der Waals surface area contributed by atoms with Gasteiger partial charge in [-0.3, -0.25) is 14.9 Å². The van der Waals surface area contributed by atoms with Gasteiger partial charge in [0.05, 0.1) is 10.8 Å². The summed E-state index contributed by atoms with van der Waals surface area (Å²) in [6.45, 7) is 2.85. The molecule has 1 aromatic heterocycles. The molecule has 0 spiro atoms. The molecule has 0 saturated heterocycles. The van der Waals surface area contributed by atoms with E-state index in [0.717, 1.165) is 15.3 Å². The molecule has 122 valence electrons. The van der Waals surface area contributed by atoms with Gasteiger partial charge in [0.15, 0.2) is 0 Å². The number of non-ortho nitro benzene ring substituents is 1. The zero-order valence-electron chi connectivity index (χ0n) is 12.9. The van der Waals surface area contributed by atoms with Crippen LogP contribution in [0.3, 0.4) is 0 Å². The Bertz CT molecular complexity index is 696. The van der Waals surface area contributed by atoms with Crippen LogP contribution in [0.25, 0.3) is 10.4 Å². The van der Waals surface area contributed by atoms with Crippen LogP contribution in [0.2, 0.25) is 0 Å². The van der Waals surface area contributed by atoms with Gasteiger partial charge in [0.2, 0.25) is 0 Å². The largest absolute Gasteiger partial charge is 0.481 e. The Kier molecular flexibility index (Phi) is 5.46. The van der Waals surface area contributed by atoms with Gasteiger partial charge in [0, 0.05) is 35.0 Å². The number of rotatable bonds is 7. The molecule has 2 aromatic rings. The first-order valence-electron chi connectivity index (χ1n) is 7.11. The molecule has 23 heavy (non-hydrogen) atoms. The van der Waals surface area contributed by atoms with E-state index in [-0.39, 0.29) is 5.69 Å². The molecule has 0 saturated carbocycles. The Morgan fingerprint density at radius 3 is 2.52 bits per heavy atom. The molecule has 1 atom stereocenters. The normalized spacial score (nSPS) is 12.3. The van der Waals surface area contributed by atoms with Crippen LogP contribution < -0.4 is 0 Å². The van der Waals surface area contributed by atoms with Crippen molar-refractivity contribution in [1.29, 1.82) is 0 Å². The van der Waals surface area contributed by atoms with Crippen LogP contribution in [-0.4, -0.2) is 34.5 Å². The van der Waals surface area contributed by atoms with Crippen molar-refractivity contribution >= 4 is 23.0 Å². The number of nitro benzene ring substituents is 1. The number of carboxylic acid groups (broad SMARTS) is 1. The van der Waals surface area contributed by atoms with Crippen molar-refractivity contribution in [2.24, 2.45) is 5.92 Å². The van der Waals surface area contributed by atoms with E-state index >= 15 is 0 Å². The summed E-state index contributed by atoms with van der Waals surface area (Å²) in [5.74, 6) is -1.20. The minimum Gasteiger partial charge on any atom is -0.481 e. The lowest BCUT2D eigenvalue weighted by Crippen LogP contribution is -2.27. The summed E-state index contributed by atoms with van der Waals surface area (Å²) < 4.78 is 0. The first-order valence-corrected chi connectivity index (χ1v) is 7.93. The smallest absolute Gasteiger partial charge is 0.307 e. The number of aliphatic carboxylic acids is 1. The fourth-order valence-electron chi connectivity index (χ4n) is 2.24. The van der Waals surface area contributed by atoms with E-state index in [1.54, 1.807) is 30.4 Å². The van der Waals surface area contributed by atoms with Gasteiger partial charge in [0.1, 0.15) is 0 Å². The van der Waals surface area contributed by atoms with Gasteiger partial charge in [-0.05, 0) is 36.9 Å². The highest BCUT2D eigenvalue weighted by Gasteiger charge is 2.14. The van der Waals surface area contributed by atoms with Crippen LogP contribution in [0.5, 0.6) is 0 Å². The predicted molar refractivity (Wildman–Crippen MR) is 89.5 cm³/mol. The second-order valence-electron chi connectivity index (χ2n) is 5.51. The minimum absolute atomic E-state index is 0.0768. The highest BCUT2D eigenvalue weighted by Crippen LogP contribution is 2.30. The van der Waals surface area contributed by atoms with Crippen molar-refractivity contribution in [3.8, 4) is 10.4 Å². The second-order valence-corrected chi connectivity index (χ2v) is 6.67. The van der Waals surface area contributed by atoms with E-state index in [1.165, 1.54) is 12.1 Å². The zero-order valence-corrected chi connectivity index (χ0v) is 13.7. The molecule has 1 aromatic carbocycles. The summed E-state index contributed by atoms with van der Waals surface area (Å²) in [4.78, 5) is 25.3. The van der Waals surface area contributed by atoms with Gasteiger partial charge >= 0.3 is 5.97 Å². The first kappa shape index (κ1) is 17.1. The number of nitro groups is 1. The van der Waals surface area contributed by atoms with Crippen LogP contribution in [0.1, 0.15) is 11.8 Å². The second kappa shape index (κ2) is 7.34. The number of hydrogen-bond donors (Lipinski definition) is 1. The molecule has 1 unspecified atom stereocenters. The number of hydrogen-bond acceptors (Lipinski definition) is 5. The van der Waals surface area contributed by atoms with Crippen LogP contribution in [-0.2, 0) is 11.3 Å². The maximum atomic E-state index is 10.9. The van der Waals surface area contributed by atoms with Gasteiger partial charge in [-0.1, -0.05) is 6.92 Å². The lowest BCUT2D eigenvalue weighted by molar-refractivity contribution is -0.384. The quantitative estimate of drug-likeness (QED) is 0.619. The molecule has 1 heterocycles. The van der Waals surface area contributed by atoms with Crippen LogP contribution >= 0.6 is 11.3 Å². The van der Waals surface area contributed by atoms with E-state index in [0.29, 0.717) is 13.1 Å². The molecule has 0 aliphatic heterocycles. The lowest BCUT2D eigenvalue weighted by atomic mass is 10.1. The summed E-state index contributed by atoms with van der Waals surface area (Å²) in [7, 11) is 1.89. The zero-order chi connectivity index (χ0) is 17.0. The number of benzene rings is 1. The molecule has 1 N–H and O–H groups in total. The average Bonchev–Trinajstić information content (AvgIpc) is 2.95. The maximum absolute atomic E-state index is 10.9. The Balaban J connectivity index is 2.02. The monoisotopic (exact) mass is 334 g/mol. The van der Waals surface area contributed by atoms with E-state index < -0.39 is 16.8 Å². The predicted octanol–water partition coefficient (Wildman–Crippen LogP) is 3.48. The molecule has 0 bridgehead atoms. The number of nitrogens with zero attached hydrogens (tertiary/aromatic N) is 2. The molecule has 6 nitrogen and oxygen atoms in total. The number of thiophene rings is 1. The summed E-state index contributed by atoms with van der Waals surface area (Å²) in [6.07, 6.45) is 0. The van der Waals surface area contributed by atoms with E-state index in [2.05, 4.69) is 0 Å². The van der Waals surface area contributed by atoms with Crippen molar-refractivity contribution in [3.05, 3.63) is 51.4 Å². The molecule has 0 fully saturated rings. The molecular formula is C16H18N2O4S. The molecule has 2 rings (SSSR count). The minimum atomic E-state index is -0.797. The average molecular weight is 334 g/mol. The van der Waals surface area contributed by atoms with E-state index in [9.17, 15) is 14.9 Å². The molecule has 0 aliphatic rings. The Hall–Kier alpha value is -2.25. The third kappa shape index (κ3) is 4.61. The van der Waals surface area contributed by atoms with Crippen molar-refractivity contribution in [3.63, 3.8) is 0 Å². The standard InChI is InChI=1S/C16H18N2O4S/c1-11(16(19)20)9-17(2)10-14-7-8-15(23-14)12-3-5-13(6-4-12)18(21)22/h3-8,11H,9-10H2,1-2H3,(H,19,20). The van der Waals surface area contributed by atoms with Gasteiger partial charge < -0.3 is 10.0 Å². The third-order valence-corrected chi connectivity index (χ3v) is 4.58. The van der Waals surface area contributed by atoms with E-state index in [1.807, 2.05) is 24.1 Å². The molecule has 7 heteroatoms. The number of carbonyl (C=O) groups is 1. The Labute approximate surface area is 138 Å². The van der Waals surface area contributed by atoms with Crippen molar-refractivity contribution in [2.75, 3.05) is 13.6 Å². The number of carboxylic acids is 1. The van der Waals surface area contributed by atoms with Crippen LogP contribution in [0, 0.1) is 16.0 Å². The van der Waals surface area contributed by atoms with Crippen molar-refractivity contribution in [2.45, 2.75) is 13.5 Å². The molecule has 0 aliphatic carbocycles. The van der Waals surface area contributed by atoms with Crippen molar-refractivity contribution < 1.29 is 14.8 Å². The summed E-state index contributed by atoms with van der Waals surface area (Å²) in [6, 6.07) is 10.5. The maximum Gasteiger partial charge on any atom is 0.307 e. The topological polar surface area (TPSA) is 83.7 Å². The van der Waals surface area contributed by atoms with E-state index in [4.69, 9.17) is 5.11 Å². The van der Waals surface area contributed by atoms with Gasteiger partial charge in [-0.15, -0.1) is 11.3 Å². The lowest BCUT2D eigenvalue weighted by Gasteiger charge is -2.17. The summed E-state index contributed by atoms with van der Waals surface area (Å²) >= 11 is 1.61. The summed E-state index contributed by atoms with van der Waals surface area (Å²) in [5.41, 5.74) is 1.02. The highest BCUT2D eigenvalue weighted by molar-refractivity contribution is 7.15. The fourth-order valence-corrected chi connectivity index (χ4v) is 3.34. The SMILES string of the molecule is CC(CN(C)Cc1ccc(-c2ccc([N+](=O)[O-])cc2)s1)C(=O)O. The Morgan fingerprint density at radius 2 is 1.96 bits per heavy atom. The highest BCUT2D eigenvalue weighted by atomic mass is 32.1. The van der Waals surface area contributed by atoms with Crippen molar-refractivity contribution in [1.82, 2.24) is 4.90 Å². The Morgan fingerprint density at radius 1 is 1.30 bits per heavy atom. The molecular weight excluding hydrogens is 316 g/mol. The summed E-state index contributed by atoms with van der Waals surface area (Å²) in [5, 5.41) is 19.6.